The zero-order valence-corrected chi connectivity index (χ0v) is 7.55. The van der Waals surface area contributed by atoms with E-state index in [-0.39, 0.29) is 0 Å². The number of hydrogen-bond acceptors (Lipinski definition) is 0. The highest BCUT2D eigenvalue weighted by Crippen LogP contribution is 2.54. The minimum absolute atomic E-state index is 0.991. The molecule has 0 amide bonds. The van der Waals surface area contributed by atoms with Crippen LogP contribution in [-0.4, -0.2) is 0 Å². The Kier molecular flexibility index (Phi) is 1.44. The van der Waals surface area contributed by atoms with Crippen molar-refractivity contribution in [1.82, 2.24) is 0 Å². The summed E-state index contributed by atoms with van der Waals surface area (Å²) in [5.41, 5.74) is 3.48. The van der Waals surface area contributed by atoms with Gasteiger partial charge < -0.3 is 0 Å². The van der Waals surface area contributed by atoms with E-state index in [1.165, 1.54) is 38.5 Å². The lowest BCUT2D eigenvalue weighted by molar-refractivity contribution is 0.287. The highest BCUT2D eigenvalue weighted by molar-refractivity contribution is 5.47. The summed E-state index contributed by atoms with van der Waals surface area (Å²) in [5.74, 6) is 1.98. The second-order valence-electron chi connectivity index (χ2n) is 4.39. The van der Waals surface area contributed by atoms with Gasteiger partial charge in [0.25, 0.3) is 0 Å². The van der Waals surface area contributed by atoms with E-state index in [0.717, 1.165) is 11.8 Å². The number of hydrogen-bond donors (Lipinski definition) is 0. The van der Waals surface area contributed by atoms with E-state index in [2.05, 4.69) is 12.2 Å². The lowest BCUT2D eigenvalue weighted by Crippen LogP contribution is -2.35. The summed E-state index contributed by atoms with van der Waals surface area (Å²) < 4.78 is 0. The molecule has 3 rings (SSSR count). The average Bonchev–Trinajstić information content (AvgIpc) is 2.14. The highest BCUT2D eigenvalue weighted by Gasteiger charge is 2.41. The Morgan fingerprint density at radius 2 is 1.33 bits per heavy atom. The summed E-state index contributed by atoms with van der Waals surface area (Å²) >= 11 is 0. The summed E-state index contributed by atoms with van der Waals surface area (Å²) in [4.78, 5) is 0. The Morgan fingerprint density at radius 3 is 1.83 bits per heavy atom. The Hall–Kier alpha value is -0.520. The van der Waals surface area contributed by atoms with Crippen LogP contribution in [0.2, 0.25) is 0 Å². The minimum Gasteiger partial charge on any atom is -0.0807 e. The Balaban J connectivity index is 1.95. The van der Waals surface area contributed by atoms with Crippen LogP contribution in [0.3, 0.4) is 0 Å². The summed E-state index contributed by atoms with van der Waals surface area (Å²) in [6.07, 6.45) is 13.5. The number of allylic oxidation sites excluding steroid dienone is 4. The van der Waals surface area contributed by atoms with Crippen molar-refractivity contribution in [2.45, 2.75) is 38.5 Å². The molecule has 1 saturated carbocycles. The molecule has 0 aromatic rings. The Morgan fingerprint density at radius 1 is 0.833 bits per heavy atom. The Bertz CT molecular complexity index is 229. The topological polar surface area (TPSA) is 0 Å². The molecule has 0 aliphatic heterocycles. The Labute approximate surface area is 74.4 Å². The van der Waals surface area contributed by atoms with Crippen molar-refractivity contribution in [3.8, 4) is 0 Å². The molecular formula is C12H16. The first-order valence-corrected chi connectivity index (χ1v) is 5.37. The third-order valence-electron chi connectivity index (χ3n) is 3.78. The van der Waals surface area contributed by atoms with E-state index < -0.39 is 0 Å². The second kappa shape index (κ2) is 2.48. The predicted molar refractivity (Wildman–Crippen MR) is 50.8 cm³/mol. The fourth-order valence-corrected chi connectivity index (χ4v) is 3.21. The predicted octanol–water partition coefficient (Wildman–Crippen LogP) is 3.45. The molecule has 0 N–H and O–H groups in total. The maximum atomic E-state index is 2.50. The molecule has 0 heterocycles. The first-order valence-electron chi connectivity index (χ1n) is 5.37. The summed E-state index contributed by atoms with van der Waals surface area (Å²) in [6.45, 7) is 0. The molecule has 0 bridgehead atoms. The van der Waals surface area contributed by atoms with Gasteiger partial charge in [-0.05, 0) is 61.5 Å². The van der Waals surface area contributed by atoms with Crippen LogP contribution >= 0.6 is 0 Å². The maximum absolute atomic E-state index is 2.50. The van der Waals surface area contributed by atoms with Crippen molar-refractivity contribution in [3.63, 3.8) is 0 Å². The average molecular weight is 160 g/mol. The largest absolute Gasteiger partial charge is 0.0807 e. The van der Waals surface area contributed by atoms with Crippen LogP contribution in [0.25, 0.3) is 0 Å². The van der Waals surface area contributed by atoms with Gasteiger partial charge in [0.05, 0.1) is 0 Å². The first-order chi connectivity index (χ1) is 5.97. The molecule has 0 spiro atoms. The van der Waals surface area contributed by atoms with Crippen molar-refractivity contribution in [3.05, 3.63) is 23.3 Å². The summed E-state index contributed by atoms with van der Waals surface area (Å²) in [6, 6.07) is 0. The minimum atomic E-state index is 0.991. The molecule has 12 heavy (non-hydrogen) atoms. The lowest BCUT2D eigenvalue weighted by Gasteiger charge is -2.47. The van der Waals surface area contributed by atoms with Crippen LogP contribution in [0.15, 0.2) is 23.3 Å². The van der Waals surface area contributed by atoms with Gasteiger partial charge in [-0.25, -0.2) is 0 Å². The van der Waals surface area contributed by atoms with E-state index in [1.54, 1.807) is 11.1 Å². The second-order valence-corrected chi connectivity index (χ2v) is 4.39. The molecule has 2 unspecified atom stereocenters. The van der Waals surface area contributed by atoms with Gasteiger partial charge in [0.15, 0.2) is 0 Å². The van der Waals surface area contributed by atoms with Crippen LogP contribution in [0.4, 0.5) is 0 Å². The molecule has 0 heteroatoms. The van der Waals surface area contributed by atoms with Gasteiger partial charge in [0.2, 0.25) is 0 Å². The highest BCUT2D eigenvalue weighted by atomic mass is 14.5. The third-order valence-corrected chi connectivity index (χ3v) is 3.78. The molecule has 1 fully saturated rings. The molecule has 0 aromatic carbocycles. The first kappa shape index (κ1) is 6.94. The van der Waals surface area contributed by atoms with Crippen LogP contribution < -0.4 is 0 Å². The van der Waals surface area contributed by atoms with E-state index in [1.807, 2.05) is 0 Å². The molecule has 64 valence electrons. The molecule has 0 nitrogen and oxygen atoms in total. The van der Waals surface area contributed by atoms with Gasteiger partial charge in [0.1, 0.15) is 0 Å². The van der Waals surface area contributed by atoms with Crippen LogP contribution in [0.1, 0.15) is 38.5 Å². The monoisotopic (exact) mass is 160 g/mol. The van der Waals surface area contributed by atoms with Crippen molar-refractivity contribution in [1.29, 1.82) is 0 Å². The maximum Gasteiger partial charge on any atom is -0.00934 e. The SMILES string of the molecule is C1=C2C3=CCCCC3C2CCC1. The van der Waals surface area contributed by atoms with E-state index >= 15 is 0 Å². The number of fused-ring (bicyclic) bond motifs is 4. The molecule has 3 aliphatic rings. The van der Waals surface area contributed by atoms with Crippen molar-refractivity contribution in [2.24, 2.45) is 11.8 Å². The van der Waals surface area contributed by atoms with Crippen molar-refractivity contribution >= 4 is 0 Å². The van der Waals surface area contributed by atoms with Crippen molar-refractivity contribution < 1.29 is 0 Å². The summed E-state index contributed by atoms with van der Waals surface area (Å²) in [5, 5.41) is 0. The van der Waals surface area contributed by atoms with Crippen LogP contribution in [0, 0.1) is 11.8 Å². The fraction of sp³-hybridized carbons (Fsp3) is 0.667. The molecule has 0 aromatic heterocycles. The van der Waals surface area contributed by atoms with Crippen LogP contribution in [-0.2, 0) is 0 Å². The van der Waals surface area contributed by atoms with Gasteiger partial charge in [-0.2, -0.15) is 0 Å². The third kappa shape index (κ3) is 0.784. The van der Waals surface area contributed by atoms with Gasteiger partial charge in [0, 0.05) is 0 Å². The standard InChI is InChI=1S/C12H16/c1-2-6-10-9(5-1)11-7-3-4-8-12(10)11/h5,7,10,12H,1-4,6,8H2. The zero-order chi connectivity index (χ0) is 7.97. The fourth-order valence-electron chi connectivity index (χ4n) is 3.21. The van der Waals surface area contributed by atoms with Crippen LogP contribution in [0.5, 0.6) is 0 Å². The zero-order valence-electron chi connectivity index (χ0n) is 7.55. The molecule has 0 saturated heterocycles. The van der Waals surface area contributed by atoms with E-state index in [9.17, 15) is 0 Å². The quantitative estimate of drug-likeness (QED) is 0.509. The molecule has 3 aliphatic carbocycles. The van der Waals surface area contributed by atoms with Gasteiger partial charge in [-0.1, -0.05) is 12.2 Å². The molecular weight excluding hydrogens is 144 g/mol. The molecule has 2 atom stereocenters. The van der Waals surface area contributed by atoms with Crippen molar-refractivity contribution in [2.75, 3.05) is 0 Å². The van der Waals surface area contributed by atoms with E-state index in [4.69, 9.17) is 0 Å². The smallest absolute Gasteiger partial charge is 0.00934 e. The van der Waals surface area contributed by atoms with Gasteiger partial charge in [-0.15, -0.1) is 0 Å². The van der Waals surface area contributed by atoms with Gasteiger partial charge >= 0.3 is 0 Å². The van der Waals surface area contributed by atoms with Gasteiger partial charge in [-0.3, -0.25) is 0 Å². The lowest BCUT2D eigenvalue weighted by atomic mass is 9.58. The molecule has 0 radical (unpaired) electrons. The van der Waals surface area contributed by atoms with E-state index in [0.29, 0.717) is 0 Å². The normalized spacial score (nSPS) is 38.7. The summed E-state index contributed by atoms with van der Waals surface area (Å²) in [7, 11) is 0. The number of rotatable bonds is 0.